The van der Waals surface area contributed by atoms with Gasteiger partial charge in [0.15, 0.2) is 5.72 Å². The number of rotatable bonds is 2. The second kappa shape index (κ2) is 5.10. The molecular weight excluding hydrogens is 274 g/mol. The Morgan fingerprint density at radius 3 is 2.71 bits per heavy atom. The lowest BCUT2D eigenvalue weighted by Gasteiger charge is -2.43. The summed E-state index contributed by atoms with van der Waals surface area (Å²) in [7, 11) is 2.03. The number of ether oxygens (including phenoxy) is 1. The summed E-state index contributed by atoms with van der Waals surface area (Å²) < 4.78 is 5.37. The van der Waals surface area contributed by atoms with E-state index in [1.807, 2.05) is 11.9 Å². The van der Waals surface area contributed by atoms with Gasteiger partial charge in [-0.05, 0) is 13.1 Å². The van der Waals surface area contributed by atoms with Crippen molar-refractivity contribution in [2.75, 3.05) is 33.2 Å². The van der Waals surface area contributed by atoms with Crippen molar-refractivity contribution in [1.82, 2.24) is 9.80 Å². The molecule has 7 nitrogen and oxygen atoms in total. The third-order valence-electron chi connectivity index (χ3n) is 4.05. The van der Waals surface area contributed by atoms with Crippen LogP contribution < -0.4 is 4.74 Å². The van der Waals surface area contributed by atoms with Crippen LogP contribution in [0.2, 0.25) is 0 Å². The summed E-state index contributed by atoms with van der Waals surface area (Å²) in [6, 6.07) is 4.29. The molecule has 3 rings (SSSR count). The fraction of sp³-hybridized carbons (Fsp3) is 0.429. The highest BCUT2D eigenvalue weighted by Crippen LogP contribution is 2.39. The molecule has 1 saturated heterocycles. The smallest absolute Gasteiger partial charge is 0.270 e. The predicted molar refractivity (Wildman–Crippen MR) is 75.8 cm³/mol. The molecule has 2 aliphatic rings. The molecule has 21 heavy (non-hydrogen) atoms. The van der Waals surface area contributed by atoms with Crippen LogP contribution in [-0.4, -0.2) is 53.1 Å². The topological polar surface area (TPSA) is 79.1 Å². The van der Waals surface area contributed by atoms with Crippen molar-refractivity contribution in [2.24, 2.45) is 0 Å². The molecule has 2 aliphatic heterocycles. The van der Waals surface area contributed by atoms with Crippen molar-refractivity contribution < 1.29 is 14.8 Å². The summed E-state index contributed by atoms with van der Waals surface area (Å²) in [4.78, 5) is 14.6. The molecule has 7 heteroatoms. The zero-order valence-electron chi connectivity index (χ0n) is 11.7. The normalized spacial score (nSPS) is 26.2. The zero-order chi connectivity index (χ0) is 15.0. The Morgan fingerprint density at radius 2 is 2.05 bits per heavy atom. The van der Waals surface area contributed by atoms with Crippen LogP contribution in [0.5, 0.6) is 5.75 Å². The Balaban J connectivity index is 2.00. The van der Waals surface area contributed by atoms with Gasteiger partial charge in [0, 0.05) is 44.4 Å². The van der Waals surface area contributed by atoms with E-state index in [-0.39, 0.29) is 5.69 Å². The molecular formula is C14H17N3O4. The van der Waals surface area contributed by atoms with E-state index >= 15 is 0 Å². The highest BCUT2D eigenvalue weighted by Gasteiger charge is 2.40. The van der Waals surface area contributed by atoms with Gasteiger partial charge in [-0.2, -0.15) is 0 Å². The van der Waals surface area contributed by atoms with Crippen molar-refractivity contribution in [2.45, 2.75) is 5.72 Å². The van der Waals surface area contributed by atoms with Crippen LogP contribution in [0.3, 0.4) is 0 Å². The van der Waals surface area contributed by atoms with E-state index in [9.17, 15) is 15.2 Å². The number of hydrogen-bond donors (Lipinski definition) is 1. The maximum Gasteiger partial charge on any atom is 0.270 e. The molecule has 0 amide bonds. The Bertz CT molecular complexity index is 596. The minimum absolute atomic E-state index is 0.0554. The van der Waals surface area contributed by atoms with Gasteiger partial charge >= 0.3 is 0 Å². The summed E-state index contributed by atoms with van der Waals surface area (Å²) in [5, 5.41) is 22.0. The molecule has 0 radical (unpaired) electrons. The summed E-state index contributed by atoms with van der Waals surface area (Å²) in [6.07, 6.45) is 2.98. The molecule has 0 saturated carbocycles. The van der Waals surface area contributed by atoms with Crippen LogP contribution in [0.1, 0.15) is 5.56 Å². The highest BCUT2D eigenvalue weighted by atomic mass is 16.6. The van der Waals surface area contributed by atoms with Gasteiger partial charge in [-0.25, -0.2) is 0 Å². The molecule has 0 bridgehead atoms. The maximum atomic E-state index is 11.1. The number of non-ortho nitro benzene ring substituents is 1. The predicted octanol–water partition coefficient (Wildman–Crippen LogP) is 0.893. The van der Waals surface area contributed by atoms with Crippen molar-refractivity contribution in [1.29, 1.82) is 0 Å². The van der Waals surface area contributed by atoms with Gasteiger partial charge in [-0.15, -0.1) is 0 Å². The van der Waals surface area contributed by atoms with Gasteiger partial charge in [0.05, 0.1) is 16.7 Å². The van der Waals surface area contributed by atoms with Gasteiger partial charge in [-0.3, -0.25) is 15.0 Å². The standard InChI is InChI=1S/C14H17N3O4/c1-15-5-7-16(8-6-15)14(18)4-9-21-13-3-2-11(17(19)20)10-12(13)14/h2-4,9-10,18H,5-8H2,1H3. The van der Waals surface area contributed by atoms with Crippen molar-refractivity contribution >= 4 is 5.69 Å². The Kier molecular flexibility index (Phi) is 3.40. The van der Waals surface area contributed by atoms with Gasteiger partial charge in [0.2, 0.25) is 0 Å². The second-order valence-corrected chi connectivity index (χ2v) is 5.37. The molecule has 0 aliphatic carbocycles. The first-order valence-corrected chi connectivity index (χ1v) is 6.80. The molecule has 0 spiro atoms. The van der Waals surface area contributed by atoms with Crippen LogP contribution >= 0.6 is 0 Å². The van der Waals surface area contributed by atoms with Crippen LogP contribution in [-0.2, 0) is 5.72 Å². The number of hydrogen-bond acceptors (Lipinski definition) is 6. The fourth-order valence-corrected chi connectivity index (χ4v) is 2.74. The number of aliphatic hydroxyl groups is 1. The van der Waals surface area contributed by atoms with E-state index in [1.165, 1.54) is 24.5 Å². The highest BCUT2D eigenvalue weighted by molar-refractivity contribution is 5.49. The number of likely N-dealkylation sites (N-methyl/N-ethyl adjacent to an activating group) is 1. The van der Waals surface area contributed by atoms with Crippen LogP contribution in [0.15, 0.2) is 30.5 Å². The molecule has 112 valence electrons. The molecule has 1 N–H and O–H groups in total. The van der Waals surface area contributed by atoms with Crippen LogP contribution in [0.4, 0.5) is 5.69 Å². The molecule has 1 aromatic carbocycles. The Labute approximate surface area is 122 Å². The lowest BCUT2D eigenvalue weighted by atomic mass is 9.96. The van der Waals surface area contributed by atoms with E-state index in [1.54, 1.807) is 6.08 Å². The zero-order valence-corrected chi connectivity index (χ0v) is 11.7. The summed E-state index contributed by atoms with van der Waals surface area (Å²) >= 11 is 0. The lowest BCUT2D eigenvalue weighted by Crippen LogP contribution is -2.54. The van der Waals surface area contributed by atoms with E-state index in [4.69, 9.17) is 4.74 Å². The van der Waals surface area contributed by atoms with E-state index in [0.29, 0.717) is 24.4 Å². The molecule has 1 atom stereocenters. The first kappa shape index (κ1) is 14.0. The van der Waals surface area contributed by atoms with Gasteiger partial charge < -0.3 is 14.7 Å². The van der Waals surface area contributed by atoms with Crippen LogP contribution in [0.25, 0.3) is 0 Å². The number of piperazine rings is 1. The summed E-state index contributed by atoms with van der Waals surface area (Å²) in [5.41, 5.74) is -0.995. The van der Waals surface area contributed by atoms with Crippen molar-refractivity contribution in [3.63, 3.8) is 0 Å². The molecule has 1 unspecified atom stereocenters. The maximum absolute atomic E-state index is 11.1. The van der Waals surface area contributed by atoms with Gasteiger partial charge in [0.1, 0.15) is 5.75 Å². The molecule has 2 heterocycles. The van der Waals surface area contributed by atoms with Crippen molar-refractivity contribution in [3.05, 3.63) is 46.2 Å². The average molecular weight is 291 g/mol. The second-order valence-electron chi connectivity index (χ2n) is 5.37. The summed E-state index contributed by atoms with van der Waals surface area (Å²) in [6.45, 7) is 3.03. The molecule has 0 aromatic heterocycles. The number of nitro benzene ring substituents is 1. The SMILES string of the molecule is CN1CCN(C2(O)C=COc3ccc([N+](=O)[O-])cc32)CC1. The average Bonchev–Trinajstić information content (AvgIpc) is 2.48. The third-order valence-corrected chi connectivity index (χ3v) is 4.05. The summed E-state index contributed by atoms with van der Waals surface area (Å²) in [5.74, 6) is 0.449. The van der Waals surface area contributed by atoms with E-state index in [2.05, 4.69) is 4.90 Å². The van der Waals surface area contributed by atoms with E-state index in [0.717, 1.165) is 13.1 Å². The largest absolute Gasteiger partial charge is 0.465 e. The Morgan fingerprint density at radius 1 is 1.33 bits per heavy atom. The lowest BCUT2D eigenvalue weighted by molar-refractivity contribution is -0.385. The fourth-order valence-electron chi connectivity index (χ4n) is 2.74. The van der Waals surface area contributed by atoms with Crippen LogP contribution in [0, 0.1) is 10.1 Å². The number of benzene rings is 1. The number of nitro groups is 1. The first-order valence-electron chi connectivity index (χ1n) is 6.80. The third kappa shape index (κ3) is 2.39. The minimum atomic E-state index is -1.36. The van der Waals surface area contributed by atoms with Gasteiger partial charge in [-0.1, -0.05) is 0 Å². The Hall–Kier alpha value is -1.96. The van der Waals surface area contributed by atoms with Crippen molar-refractivity contribution in [3.8, 4) is 5.75 Å². The molecule has 1 aromatic rings. The van der Waals surface area contributed by atoms with E-state index < -0.39 is 10.6 Å². The number of fused-ring (bicyclic) bond motifs is 1. The monoisotopic (exact) mass is 291 g/mol. The number of nitrogens with zero attached hydrogens (tertiary/aromatic N) is 3. The quantitative estimate of drug-likeness (QED) is 0.644. The van der Waals surface area contributed by atoms with Gasteiger partial charge in [0.25, 0.3) is 5.69 Å². The first-order chi connectivity index (χ1) is 10.0. The molecule has 1 fully saturated rings. The minimum Gasteiger partial charge on any atom is -0.465 e.